The van der Waals surface area contributed by atoms with Gasteiger partial charge in [-0.2, -0.15) is 0 Å². The van der Waals surface area contributed by atoms with Crippen LogP contribution in [0.25, 0.3) is 0 Å². The van der Waals surface area contributed by atoms with Crippen LogP contribution in [0.3, 0.4) is 0 Å². The lowest BCUT2D eigenvalue weighted by Crippen LogP contribution is -2.21. The molecule has 0 fully saturated rings. The molecule has 2 amide bonds. The Bertz CT molecular complexity index is 1360. The number of halogens is 2. The highest BCUT2D eigenvalue weighted by Gasteiger charge is 2.27. The molecule has 10 nitrogen and oxygen atoms in total. The molecule has 39 heavy (non-hydrogen) atoms. The first-order valence-corrected chi connectivity index (χ1v) is 14.5. The van der Waals surface area contributed by atoms with E-state index in [1.807, 2.05) is 11.5 Å². The Labute approximate surface area is 245 Å². The van der Waals surface area contributed by atoms with E-state index in [2.05, 4.69) is 15.5 Å². The summed E-state index contributed by atoms with van der Waals surface area (Å²) in [6.07, 6.45) is 1.31. The quantitative estimate of drug-likeness (QED) is 0.168. The predicted octanol–water partition coefficient (Wildman–Crippen LogP) is 5.21. The van der Waals surface area contributed by atoms with Crippen LogP contribution in [0, 0.1) is 6.92 Å². The van der Waals surface area contributed by atoms with Crippen molar-refractivity contribution in [2.24, 2.45) is 0 Å². The van der Waals surface area contributed by atoms with E-state index >= 15 is 0 Å². The molecule has 210 valence electrons. The van der Waals surface area contributed by atoms with Crippen molar-refractivity contribution in [2.45, 2.75) is 38.4 Å². The van der Waals surface area contributed by atoms with Gasteiger partial charge in [0.15, 0.2) is 5.16 Å². The molecule has 0 aliphatic rings. The number of amides is 2. The minimum atomic E-state index is -0.623. The highest BCUT2D eigenvalue weighted by Crippen LogP contribution is 2.34. The van der Waals surface area contributed by atoms with E-state index < -0.39 is 5.97 Å². The molecule has 0 saturated heterocycles. The average molecular weight is 615 g/mol. The fraction of sp³-hybridized carbons (Fsp3) is 0.400. The number of hydrogen-bond donors (Lipinski definition) is 1. The number of esters is 1. The van der Waals surface area contributed by atoms with Crippen molar-refractivity contribution < 1.29 is 23.9 Å². The van der Waals surface area contributed by atoms with E-state index in [1.54, 1.807) is 39.2 Å². The van der Waals surface area contributed by atoms with E-state index in [1.165, 1.54) is 23.8 Å². The number of carbonyl (C=O) groups is 3. The van der Waals surface area contributed by atoms with Gasteiger partial charge in [0.2, 0.25) is 5.91 Å². The monoisotopic (exact) mass is 613 g/mol. The molecule has 2 aromatic heterocycles. The standard InChI is InChI=1S/C25H29Cl2N5O5S2/c1-6-32-18(8-7-11-37-17-10-9-15(26)12-16(17)27)29-30-25(32)38-13-19(33)28-22-20(24(35)36-5)14(2)21(39-22)23(34)31(3)4/h9-10,12H,6-8,11,13H2,1-5H3,(H,28,33). The molecule has 0 bridgehead atoms. The third kappa shape index (κ3) is 7.65. The number of thiophene rings is 1. The van der Waals surface area contributed by atoms with Crippen LogP contribution in [-0.4, -0.2) is 71.0 Å². The number of hydrogen-bond acceptors (Lipinski definition) is 9. The van der Waals surface area contributed by atoms with Crippen LogP contribution in [0.4, 0.5) is 5.00 Å². The van der Waals surface area contributed by atoms with E-state index in [-0.39, 0.29) is 28.1 Å². The van der Waals surface area contributed by atoms with Gasteiger partial charge < -0.3 is 24.3 Å². The number of methoxy groups -OCH3 is 1. The molecular weight excluding hydrogens is 585 g/mol. The van der Waals surface area contributed by atoms with Gasteiger partial charge in [-0.1, -0.05) is 35.0 Å². The molecule has 3 aromatic rings. The number of nitrogens with zero attached hydrogens (tertiary/aromatic N) is 4. The first kappa shape index (κ1) is 30.7. The zero-order valence-electron chi connectivity index (χ0n) is 22.2. The Kier molecular flexibility index (Phi) is 11.0. The van der Waals surface area contributed by atoms with Crippen molar-refractivity contribution in [2.75, 3.05) is 38.9 Å². The van der Waals surface area contributed by atoms with Crippen LogP contribution < -0.4 is 10.1 Å². The lowest BCUT2D eigenvalue weighted by molar-refractivity contribution is -0.113. The first-order chi connectivity index (χ1) is 18.6. The smallest absolute Gasteiger partial charge is 0.341 e. The van der Waals surface area contributed by atoms with Gasteiger partial charge in [-0.25, -0.2) is 4.79 Å². The van der Waals surface area contributed by atoms with Gasteiger partial charge in [-0.15, -0.1) is 21.5 Å². The number of ether oxygens (including phenoxy) is 2. The lowest BCUT2D eigenvalue weighted by Gasteiger charge is -2.09. The number of rotatable bonds is 12. The highest BCUT2D eigenvalue weighted by atomic mass is 35.5. The van der Waals surface area contributed by atoms with Gasteiger partial charge >= 0.3 is 5.97 Å². The normalized spacial score (nSPS) is 10.8. The molecule has 14 heteroatoms. The van der Waals surface area contributed by atoms with Crippen molar-refractivity contribution in [3.8, 4) is 5.75 Å². The number of carbonyl (C=O) groups excluding carboxylic acids is 3. The molecule has 0 aliphatic carbocycles. The minimum absolute atomic E-state index is 0.0326. The van der Waals surface area contributed by atoms with Gasteiger partial charge in [0.05, 0.1) is 34.9 Å². The summed E-state index contributed by atoms with van der Waals surface area (Å²) in [6, 6.07) is 5.07. The second kappa shape index (κ2) is 14.0. The molecule has 0 atom stereocenters. The van der Waals surface area contributed by atoms with Crippen molar-refractivity contribution in [3.63, 3.8) is 0 Å². The largest absolute Gasteiger partial charge is 0.492 e. The number of aromatic nitrogens is 3. The Morgan fingerprint density at radius 3 is 2.59 bits per heavy atom. The van der Waals surface area contributed by atoms with E-state index in [0.717, 1.165) is 17.2 Å². The summed E-state index contributed by atoms with van der Waals surface area (Å²) in [5, 5.41) is 13.1. The summed E-state index contributed by atoms with van der Waals surface area (Å²) in [6.45, 7) is 4.69. The van der Waals surface area contributed by atoms with Crippen molar-refractivity contribution >= 4 is 69.1 Å². The zero-order chi connectivity index (χ0) is 28.7. The third-order valence-electron chi connectivity index (χ3n) is 5.53. The summed E-state index contributed by atoms with van der Waals surface area (Å²) in [5.74, 6) is 0.139. The molecule has 2 heterocycles. The minimum Gasteiger partial charge on any atom is -0.492 e. The SMILES string of the molecule is CCn1c(CCCOc2ccc(Cl)cc2Cl)nnc1SCC(=O)Nc1sc(C(=O)N(C)C)c(C)c1C(=O)OC. The molecule has 0 aliphatic heterocycles. The zero-order valence-corrected chi connectivity index (χ0v) is 25.3. The molecule has 0 saturated carbocycles. The molecule has 0 unspecified atom stereocenters. The van der Waals surface area contributed by atoms with Crippen LogP contribution in [0.2, 0.25) is 10.0 Å². The molecule has 0 radical (unpaired) electrons. The van der Waals surface area contributed by atoms with E-state index in [0.29, 0.717) is 57.4 Å². The second-order valence-corrected chi connectivity index (χ2v) is 11.3. The number of aryl methyl sites for hydroxylation is 1. The fourth-order valence-electron chi connectivity index (χ4n) is 3.58. The third-order valence-corrected chi connectivity index (χ3v) is 8.22. The molecular formula is C25H29Cl2N5O5S2. The number of nitrogens with one attached hydrogen (secondary N) is 1. The Morgan fingerprint density at radius 2 is 1.95 bits per heavy atom. The van der Waals surface area contributed by atoms with Gasteiger partial charge in [0.1, 0.15) is 16.6 Å². The first-order valence-electron chi connectivity index (χ1n) is 11.9. The maximum absolute atomic E-state index is 12.8. The summed E-state index contributed by atoms with van der Waals surface area (Å²) >= 11 is 14.3. The maximum Gasteiger partial charge on any atom is 0.341 e. The average Bonchev–Trinajstić information content (AvgIpc) is 3.44. The van der Waals surface area contributed by atoms with Crippen LogP contribution in [-0.2, 0) is 22.5 Å². The van der Waals surface area contributed by atoms with Crippen LogP contribution in [0.5, 0.6) is 5.75 Å². The van der Waals surface area contributed by atoms with Crippen molar-refractivity contribution in [1.29, 1.82) is 0 Å². The summed E-state index contributed by atoms with van der Waals surface area (Å²) in [4.78, 5) is 39.5. The highest BCUT2D eigenvalue weighted by molar-refractivity contribution is 7.99. The second-order valence-electron chi connectivity index (χ2n) is 8.46. The van der Waals surface area contributed by atoms with Gasteiger partial charge in [-0.05, 0) is 44.0 Å². The van der Waals surface area contributed by atoms with Gasteiger partial charge in [0, 0.05) is 32.1 Å². The van der Waals surface area contributed by atoms with Crippen molar-refractivity contribution in [1.82, 2.24) is 19.7 Å². The number of benzene rings is 1. The van der Waals surface area contributed by atoms with Crippen LogP contribution in [0.15, 0.2) is 23.4 Å². The van der Waals surface area contributed by atoms with Gasteiger partial charge in [0.25, 0.3) is 5.91 Å². The van der Waals surface area contributed by atoms with Crippen molar-refractivity contribution in [3.05, 3.63) is 50.1 Å². The summed E-state index contributed by atoms with van der Waals surface area (Å²) in [7, 11) is 4.49. The summed E-state index contributed by atoms with van der Waals surface area (Å²) in [5.41, 5.74) is 0.637. The maximum atomic E-state index is 12.8. The Hall–Kier alpha value is -2.80. The molecule has 3 rings (SSSR count). The summed E-state index contributed by atoms with van der Waals surface area (Å²) < 4.78 is 12.6. The number of thioether (sulfide) groups is 1. The fourth-order valence-corrected chi connectivity index (χ4v) is 6.10. The number of anilines is 1. The Balaban J connectivity index is 1.61. The van der Waals surface area contributed by atoms with Crippen LogP contribution >= 0.6 is 46.3 Å². The molecule has 1 aromatic carbocycles. The van der Waals surface area contributed by atoms with E-state index in [9.17, 15) is 14.4 Å². The molecule has 0 spiro atoms. The topological polar surface area (TPSA) is 116 Å². The lowest BCUT2D eigenvalue weighted by atomic mass is 10.1. The Morgan fingerprint density at radius 1 is 1.21 bits per heavy atom. The van der Waals surface area contributed by atoms with Crippen LogP contribution in [0.1, 0.15) is 44.8 Å². The van der Waals surface area contributed by atoms with E-state index in [4.69, 9.17) is 32.7 Å². The molecule has 1 N–H and O–H groups in total. The van der Waals surface area contributed by atoms with Gasteiger partial charge in [-0.3, -0.25) is 9.59 Å². The predicted molar refractivity (Wildman–Crippen MR) is 154 cm³/mol.